The monoisotopic (exact) mass is 309 g/mol. The first kappa shape index (κ1) is 16.1. The molecule has 1 saturated heterocycles. The van der Waals surface area contributed by atoms with E-state index in [2.05, 4.69) is 60.4 Å². The van der Waals surface area contributed by atoms with E-state index in [1.54, 1.807) is 0 Å². The predicted octanol–water partition coefficient (Wildman–Crippen LogP) is 4.85. The maximum Gasteiger partial charge on any atom is 0.119 e. The van der Waals surface area contributed by atoms with Crippen molar-refractivity contribution in [3.05, 3.63) is 54.6 Å². The zero-order valence-corrected chi connectivity index (χ0v) is 14.1. The summed E-state index contributed by atoms with van der Waals surface area (Å²) in [5.41, 5.74) is 2.48. The molecule has 23 heavy (non-hydrogen) atoms. The van der Waals surface area contributed by atoms with E-state index < -0.39 is 0 Å². The van der Waals surface area contributed by atoms with Gasteiger partial charge in [-0.3, -0.25) is 0 Å². The van der Waals surface area contributed by atoms with Gasteiger partial charge in [0.25, 0.3) is 0 Å². The lowest BCUT2D eigenvalue weighted by Crippen LogP contribution is -2.35. The zero-order valence-electron chi connectivity index (χ0n) is 14.1. The van der Waals surface area contributed by atoms with Crippen LogP contribution in [0.25, 0.3) is 11.1 Å². The Kier molecular flexibility index (Phi) is 5.71. The number of nitrogens with zero attached hydrogens (tertiary/aromatic N) is 1. The van der Waals surface area contributed by atoms with Crippen LogP contribution in [0.3, 0.4) is 0 Å². The Morgan fingerprint density at radius 2 is 1.74 bits per heavy atom. The van der Waals surface area contributed by atoms with Gasteiger partial charge in [-0.05, 0) is 55.0 Å². The molecule has 1 aliphatic heterocycles. The summed E-state index contributed by atoms with van der Waals surface area (Å²) in [7, 11) is 0. The summed E-state index contributed by atoms with van der Waals surface area (Å²) in [5.74, 6) is 1.83. The summed E-state index contributed by atoms with van der Waals surface area (Å²) in [6.45, 7) is 6.83. The van der Waals surface area contributed by atoms with E-state index in [-0.39, 0.29) is 0 Å². The van der Waals surface area contributed by atoms with Gasteiger partial charge in [0.05, 0.1) is 6.61 Å². The molecule has 2 aromatic rings. The normalized spacial score (nSPS) is 18.7. The van der Waals surface area contributed by atoms with E-state index in [0.29, 0.717) is 0 Å². The molecule has 0 aromatic heterocycles. The second kappa shape index (κ2) is 8.16. The Labute approximate surface area is 140 Å². The minimum absolute atomic E-state index is 0.801. The molecular weight excluding hydrogens is 282 g/mol. The number of piperidine rings is 1. The summed E-state index contributed by atoms with van der Waals surface area (Å²) in [6, 6.07) is 18.9. The summed E-state index contributed by atoms with van der Waals surface area (Å²) >= 11 is 0. The molecule has 2 heteroatoms. The fraction of sp³-hybridized carbons (Fsp3) is 0.429. The zero-order chi connectivity index (χ0) is 15.9. The first-order valence-electron chi connectivity index (χ1n) is 8.82. The molecule has 1 aliphatic rings. The minimum Gasteiger partial charge on any atom is -0.494 e. The van der Waals surface area contributed by atoms with Crippen molar-refractivity contribution in [3.63, 3.8) is 0 Å². The summed E-state index contributed by atoms with van der Waals surface area (Å²) < 4.78 is 5.89. The van der Waals surface area contributed by atoms with Crippen molar-refractivity contribution in [2.24, 2.45) is 5.92 Å². The molecular formula is C21H27NO. The lowest BCUT2D eigenvalue weighted by Gasteiger charge is -2.30. The lowest BCUT2D eigenvalue weighted by molar-refractivity contribution is 0.170. The Morgan fingerprint density at radius 1 is 1.00 bits per heavy atom. The van der Waals surface area contributed by atoms with E-state index in [4.69, 9.17) is 4.74 Å². The van der Waals surface area contributed by atoms with Crippen molar-refractivity contribution >= 4 is 0 Å². The molecule has 0 saturated carbocycles. The van der Waals surface area contributed by atoms with Crippen LogP contribution in [0, 0.1) is 5.92 Å². The van der Waals surface area contributed by atoms with E-state index in [1.807, 2.05) is 6.07 Å². The molecule has 2 nitrogen and oxygen atoms in total. The van der Waals surface area contributed by atoms with Crippen molar-refractivity contribution < 1.29 is 4.74 Å². The van der Waals surface area contributed by atoms with Gasteiger partial charge >= 0.3 is 0 Å². The SMILES string of the molecule is C[C@@H]1CCCN(CCCOc2ccc(-c3ccccc3)cc2)C1. The third-order valence-electron chi connectivity index (χ3n) is 4.59. The highest BCUT2D eigenvalue weighted by Gasteiger charge is 2.15. The number of benzene rings is 2. The topological polar surface area (TPSA) is 12.5 Å². The highest BCUT2D eigenvalue weighted by Crippen LogP contribution is 2.22. The van der Waals surface area contributed by atoms with Crippen LogP contribution in [-0.4, -0.2) is 31.1 Å². The second-order valence-corrected chi connectivity index (χ2v) is 6.64. The molecule has 0 radical (unpaired) electrons. The van der Waals surface area contributed by atoms with Crippen LogP contribution in [0.4, 0.5) is 0 Å². The smallest absolute Gasteiger partial charge is 0.119 e. The quantitative estimate of drug-likeness (QED) is 0.707. The summed E-state index contributed by atoms with van der Waals surface area (Å²) in [4.78, 5) is 2.58. The molecule has 1 heterocycles. The molecule has 0 N–H and O–H groups in total. The van der Waals surface area contributed by atoms with Crippen LogP contribution in [-0.2, 0) is 0 Å². The number of hydrogen-bond acceptors (Lipinski definition) is 2. The third-order valence-corrected chi connectivity index (χ3v) is 4.59. The number of hydrogen-bond donors (Lipinski definition) is 0. The van der Waals surface area contributed by atoms with Crippen LogP contribution in [0.5, 0.6) is 5.75 Å². The van der Waals surface area contributed by atoms with E-state index in [1.165, 1.54) is 37.1 Å². The summed E-state index contributed by atoms with van der Waals surface area (Å²) in [5, 5.41) is 0. The Bertz CT molecular complexity index is 579. The number of ether oxygens (including phenoxy) is 1. The molecule has 1 atom stereocenters. The highest BCUT2D eigenvalue weighted by molar-refractivity contribution is 5.63. The third kappa shape index (κ3) is 4.84. The average molecular weight is 309 g/mol. The molecule has 122 valence electrons. The minimum atomic E-state index is 0.801. The van der Waals surface area contributed by atoms with Gasteiger partial charge in [0, 0.05) is 13.1 Å². The van der Waals surface area contributed by atoms with Crippen LogP contribution >= 0.6 is 0 Å². The largest absolute Gasteiger partial charge is 0.494 e. The van der Waals surface area contributed by atoms with Crippen LogP contribution in [0.15, 0.2) is 54.6 Å². The van der Waals surface area contributed by atoms with Crippen molar-refractivity contribution in [1.82, 2.24) is 4.90 Å². The summed E-state index contributed by atoms with van der Waals surface area (Å²) in [6.07, 6.45) is 3.84. The lowest BCUT2D eigenvalue weighted by atomic mass is 10.0. The molecule has 0 amide bonds. The van der Waals surface area contributed by atoms with Gasteiger partial charge in [0.15, 0.2) is 0 Å². The van der Waals surface area contributed by atoms with Crippen LogP contribution in [0.1, 0.15) is 26.2 Å². The van der Waals surface area contributed by atoms with Gasteiger partial charge in [0.1, 0.15) is 5.75 Å². The standard InChI is InChI=1S/C21H27NO/c1-18-7-5-14-22(17-18)15-6-16-23-21-12-10-20(11-13-21)19-8-3-2-4-9-19/h2-4,8-13,18H,5-7,14-17H2,1H3/t18-/m1/s1. The first-order valence-corrected chi connectivity index (χ1v) is 8.82. The molecule has 1 fully saturated rings. The fourth-order valence-corrected chi connectivity index (χ4v) is 3.34. The van der Waals surface area contributed by atoms with E-state index in [0.717, 1.165) is 31.2 Å². The van der Waals surface area contributed by atoms with Crippen LogP contribution in [0.2, 0.25) is 0 Å². The van der Waals surface area contributed by atoms with Gasteiger partial charge in [0.2, 0.25) is 0 Å². The average Bonchev–Trinajstić information content (AvgIpc) is 2.60. The Hall–Kier alpha value is -1.80. The Balaban J connectivity index is 1.42. The van der Waals surface area contributed by atoms with Gasteiger partial charge in [-0.25, -0.2) is 0 Å². The highest BCUT2D eigenvalue weighted by atomic mass is 16.5. The van der Waals surface area contributed by atoms with Crippen molar-refractivity contribution in [3.8, 4) is 16.9 Å². The van der Waals surface area contributed by atoms with Crippen molar-refractivity contribution in [2.45, 2.75) is 26.2 Å². The maximum atomic E-state index is 5.89. The van der Waals surface area contributed by atoms with Gasteiger partial charge in [-0.2, -0.15) is 0 Å². The maximum absolute atomic E-state index is 5.89. The van der Waals surface area contributed by atoms with Crippen molar-refractivity contribution in [1.29, 1.82) is 0 Å². The first-order chi connectivity index (χ1) is 11.3. The number of likely N-dealkylation sites (tertiary alicyclic amines) is 1. The molecule has 0 spiro atoms. The second-order valence-electron chi connectivity index (χ2n) is 6.64. The number of rotatable bonds is 6. The predicted molar refractivity (Wildman–Crippen MR) is 96.8 cm³/mol. The van der Waals surface area contributed by atoms with Gasteiger partial charge < -0.3 is 9.64 Å². The molecule has 3 rings (SSSR count). The van der Waals surface area contributed by atoms with Crippen LogP contribution < -0.4 is 4.74 Å². The molecule has 0 unspecified atom stereocenters. The molecule has 0 aliphatic carbocycles. The van der Waals surface area contributed by atoms with Gasteiger partial charge in [-0.15, -0.1) is 0 Å². The van der Waals surface area contributed by atoms with Crippen molar-refractivity contribution in [2.75, 3.05) is 26.2 Å². The Morgan fingerprint density at radius 3 is 2.48 bits per heavy atom. The van der Waals surface area contributed by atoms with Gasteiger partial charge in [-0.1, -0.05) is 49.4 Å². The molecule has 2 aromatic carbocycles. The van der Waals surface area contributed by atoms with E-state index in [9.17, 15) is 0 Å². The van der Waals surface area contributed by atoms with E-state index >= 15 is 0 Å². The molecule has 0 bridgehead atoms. The fourth-order valence-electron chi connectivity index (χ4n) is 3.34.